The molecule has 2 unspecified atom stereocenters. The van der Waals surface area contributed by atoms with Crippen molar-refractivity contribution in [2.75, 3.05) is 6.61 Å². The molecule has 26 heavy (non-hydrogen) atoms. The summed E-state index contributed by atoms with van der Waals surface area (Å²) in [6.07, 6.45) is 0. The van der Waals surface area contributed by atoms with Gasteiger partial charge in [-0.05, 0) is 38.5 Å². The maximum atomic E-state index is 12.5. The molecule has 3 N–H and O–H groups in total. The van der Waals surface area contributed by atoms with Crippen LogP contribution in [0.25, 0.3) is 11.0 Å². The predicted molar refractivity (Wildman–Crippen MR) is 102 cm³/mol. The lowest BCUT2D eigenvalue weighted by atomic mass is 10.0. The highest BCUT2D eigenvalue weighted by Crippen LogP contribution is 2.31. The number of para-hydroxylation sites is 1. The molecule has 5 nitrogen and oxygen atoms in total. The Morgan fingerprint density at radius 3 is 2.65 bits per heavy atom. The standard InChI is InChI=1S/C21H24N2O3/c1-4-25-17-7-5-6-16-12-18(26-20(16)17)14(3)23-21(24)19(22)15-10-8-13(2)9-11-15/h5-12,14,19H,4,22H2,1-3H3,(H,23,24). The molecule has 0 radical (unpaired) electrons. The molecule has 0 aliphatic rings. The van der Waals surface area contributed by atoms with Crippen molar-refractivity contribution in [2.45, 2.75) is 32.9 Å². The van der Waals surface area contributed by atoms with Gasteiger partial charge >= 0.3 is 0 Å². The van der Waals surface area contributed by atoms with Crippen LogP contribution in [0.15, 0.2) is 52.9 Å². The van der Waals surface area contributed by atoms with E-state index in [4.69, 9.17) is 14.9 Å². The highest BCUT2D eigenvalue weighted by atomic mass is 16.5. The second kappa shape index (κ2) is 7.62. The topological polar surface area (TPSA) is 77.5 Å². The molecule has 136 valence electrons. The number of rotatable bonds is 6. The molecule has 3 aromatic rings. The summed E-state index contributed by atoms with van der Waals surface area (Å²) in [6.45, 7) is 6.36. The number of hydrogen-bond acceptors (Lipinski definition) is 4. The van der Waals surface area contributed by atoms with E-state index in [0.717, 1.165) is 16.5 Å². The molecule has 0 fully saturated rings. The van der Waals surface area contributed by atoms with E-state index in [-0.39, 0.29) is 11.9 Å². The first-order chi connectivity index (χ1) is 12.5. The number of furan rings is 1. The minimum atomic E-state index is -0.721. The molecule has 1 heterocycles. The summed E-state index contributed by atoms with van der Waals surface area (Å²) < 4.78 is 11.5. The van der Waals surface area contributed by atoms with Crippen molar-refractivity contribution in [3.05, 3.63) is 65.4 Å². The fraction of sp³-hybridized carbons (Fsp3) is 0.286. The summed E-state index contributed by atoms with van der Waals surface area (Å²) in [5, 5.41) is 3.86. The summed E-state index contributed by atoms with van der Waals surface area (Å²) in [7, 11) is 0. The molecule has 1 aromatic heterocycles. The number of nitrogens with two attached hydrogens (primary N) is 1. The lowest BCUT2D eigenvalue weighted by molar-refractivity contribution is -0.123. The van der Waals surface area contributed by atoms with Crippen LogP contribution in [0.1, 0.15) is 42.8 Å². The Morgan fingerprint density at radius 1 is 1.23 bits per heavy atom. The van der Waals surface area contributed by atoms with Gasteiger partial charge in [-0.25, -0.2) is 0 Å². The summed E-state index contributed by atoms with van der Waals surface area (Å²) in [4.78, 5) is 12.5. The van der Waals surface area contributed by atoms with E-state index in [1.807, 2.05) is 69.3 Å². The Morgan fingerprint density at radius 2 is 1.96 bits per heavy atom. The molecule has 0 saturated carbocycles. The molecule has 5 heteroatoms. The third kappa shape index (κ3) is 3.73. The molecule has 2 atom stereocenters. The number of fused-ring (bicyclic) bond motifs is 1. The number of carbonyl (C=O) groups is 1. The smallest absolute Gasteiger partial charge is 0.242 e. The molecule has 2 aromatic carbocycles. The van der Waals surface area contributed by atoms with Crippen LogP contribution in [0.2, 0.25) is 0 Å². The van der Waals surface area contributed by atoms with Crippen LogP contribution in [-0.4, -0.2) is 12.5 Å². The van der Waals surface area contributed by atoms with E-state index in [0.29, 0.717) is 23.7 Å². The zero-order valence-corrected chi connectivity index (χ0v) is 15.3. The lowest BCUT2D eigenvalue weighted by Crippen LogP contribution is -2.35. The normalized spacial score (nSPS) is 13.4. The van der Waals surface area contributed by atoms with Crippen molar-refractivity contribution >= 4 is 16.9 Å². The van der Waals surface area contributed by atoms with Crippen molar-refractivity contribution in [3.8, 4) is 5.75 Å². The molecule has 0 spiro atoms. The third-order valence-electron chi connectivity index (χ3n) is 4.33. The number of amides is 1. The minimum Gasteiger partial charge on any atom is -0.490 e. The first-order valence-corrected chi connectivity index (χ1v) is 8.77. The summed E-state index contributed by atoms with van der Waals surface area (Å²) in [5.74, 6) is 1.12. The molecule has 0 saturated heterocycles. The Balaban J connectivity index is 1.75. The predicted octanol–water partition coefficient (Wildman–Crippen LogP) is 4.02. The van der Waals surface area contributed by atoms with Crippen LogP contribution >= 0.6 is 0 Å². The van der Waals surface area contributed by atoms with Crippen LogP contribution in [0.4, 0.5) is 0 Å². The van der Waals surface area contributed by atoms with Crippen LogP contribution in [0.5, 0.6) is 5.75 Å². The van der Waals surface area contributed by atoms with Gasteiger partial charge < -0.3 is 20.2 Å². The van der Waals surface area contributed by atoms with Crippen LogP contribution in [-0.2, 0) is 4.79 Å². The van der Waals surface area contributed by atoms with Crippen molar-refractivity contribution in [1.82, 2.24) is 5.32 Å². The highest BCUT2D eigenvalue weighted by Gasteiger charge is 2.21. The molecule has 0 bridgehead atoms. The molecule has 1 amide bonds. The van der Waals surface area contributed by atoms with Crippen LogP contribution in [0, 0.1) is 6.92 Å². The van der Waals surface area contributed by atoms with E-state index in [1.165, 1.54) is 0 Å². The Bertz CT molecular complexity index is 899. The Kier molecular flexibility index (Phi) is 5.28. The first kappa shape index (κ1) is 18.0. The third-order valence-corrected chi connectivity index (χ3v) is 4.33. The second-order valence-electron chi connectivity index (χ2n) is 6.37. The van der Waals surface area contributed by atoms with E-state index >= 15 is 0 Å². The van der Waals surface area contributed by atoms with Crippen molar-refractivity contribution < 1.29 is 13.9 Å². The SMILES string of the molecule is CCOc1cccc2cc(C(C)NC(=O)C(N)c3ccc(C)cc3)oc12. The van der Waals surface area contributed by atoms with Crippen molar-refractivity contribution in [3.63, 3.8) is 0 Å². The zero-order chi connectivity index (χ0) is 18.7. The number of nitrogens with one attached hydrogen (secondary N) is 1. The number of carbonyl (C=O) groups excluding carboxylic acids is 1. The van der Waals surface area contributed by atoms with Gasteiger partial charge in [-0.1, -0.05) is 42.0 Å². The second-order valence-corrected chi connectivity index (χ2v) is 6.37. The fourth-order valence-corrected chi connectivity index (χ4v) is 2.84. The Hall–Kier alpha value is -2.79. The van der Waals surface area contributed by atoms with E-state index < -0.39 is 6.04 Å². The quantitative estimate of drug-likeness (QED) is 0.702. The van der Waals surface area contributed by atoms with Crippen LogP contribution in [0.3, 0.4) is 0 Å². The summed E-state index contributed by atoms with van der Waals surface area (Å²) in [6, 6.07) is 14.3. The Labute approximate surface area is 153 Å². The molecule has 3 rings (SSSR count). The minimum absolute atomic E-state index is 0.244. The zero-order valence-electron chi connectivity index (χ0n) is 15.3. The van der Waals surface area contributed by atoms with E-state index in [1.54, 1.807) is 0 Å². The van der Waals surface area contributed by atoms with E-state index in [9.17, 15) is 4.79 Å². The van der Waals surface area contributed by atoms with Gasteiger partial charge in [0.25, 0.3) is 0 Å². The van der Waals surface area contributed by atoms with Gasteiger partial charge in [0.2, 0.25) is 5.91 Å². The fourth-order valence-electron chi connectivity index (χ4n) is 2.84. The largest absolute Gasteiger partial charge is 0.490 e. The van der Waals surface area contributed by atoms with Gasteiger partial charge in [-0.15, -0.1) is 0 Å². The summed E-state index contributed by atoms with van der Waals surface area (Å²) >= 11 is 0. The molecule has 0 aliphatic carbocycles. The number of benzene rings is 2. The van der Waals surface area contributed by atoms with Gasteiger partial charge in [-0.2, -0.15) is 0 Å². The number of aryl methyl sites for hydroxylation is 1. The van der Waals surface area contributed by atoms with Gasteiger partial charge in [-0.3, -0.25) is 4.79 Å². The van der Waals surface area contributed by atoms with Crippen molar-refractivity contribution in [1.29, 1.82) is 0 Å². The van der Waals surface area contributed by atoms with Crippen molar-refractivity contribution in [2.24, 2.45) is 5.73 Å². The van der Waals surface area contributed by atoms with Gasteiger partial charge in [0.15, 0.2) is 11.3 Å². The average molecular weight is 352 g/mol. The molecular weight excluding hydrogens is 328 g/mol. The van der Waals surface area contributed by atoms with E-state index in [2.05, 4.69) is 5.32 Å². The molecule has 0 aliphatic heterocycles. The van der Waals surface area contributed by atoms with Crippen LogP contribution < -0.4 is 15.8 Å². The monoisotopic (exact) mass is 352 g/mol. The summed E-state index contributed by atoms with van der Waals surface area (Å²) in [5.41, 5.74) is 8.69. The lowest BCUT2D eigenvalue weighted by Gasteiger charge is -2.16. The van der Waals surface area contributed by atoms with Gasteiger partial charge in [0.05, 0.1) is 12.6 Å². The average Bonchev–Trinajstić information content (AvgIpc) is 3.07. The maximum Gasteiger partial charge on any atom is 0.242 e. The number of hydrogen-bond donors (Lipinski definition) is 2. The number of ether oxygens (including phenoxy) is 1. The molecular formula is C21H24N2O3. The van der Waals surface area contributed by atoms with Gasteiger partial charge in [0.1, 0.15) is 11.8 Å². The highest BCUT2D eigenvalue weighted by molar-refractivity contribution is 5.85. The first-order valence-electron chi connectivity index (χ1n) is 8.77. The van der Waals surface area contributed by atoms with Gasteiger partial charge in [0, 0.05) is 5.39 Å². The maximum absolute atomic E-state index is 12.5.